The van der Waals surface area contributed by atoms with Crippen molar-refractivity contribution in [2.24, 2.45) is 0 Å². The van der Waals surface area contributed by atoms with Gasteiger partial charge in [0.15, 0.2) is 0 Å². The summed E-state index contributed by atoms with van der Waals surface area (Å²) in [5.74, 6) is 0.0614. The molecule has 102 valence electrons. The second kappa shape index (κ2) is 5.19. The molecule has 19 heavy (non-hydrogen) atoms. The van der Waals surface area contributed by atoms with Crippen molar-refractivity contribution >= 4 is 5.91 Å². The molecule has 0 saturated carbocycles. The van der Waals surface area contributed by atoms with Gasteiger partial charge in [0.25, 0.3) is 0 Å². The summed E-state index contributed by atoms with van der Waals surface area (Å²) in [4.78, 5) is 16.1. The van der Waals surface area contributed by atoms with Gasteiger partial charge in [0.1, 0.15) is 6.61 Å². The number of likely N-dealkylation sites (tertiary alicyclic amines) is 1. The van der Waals surface area contributed by atoms with Gasteiger partial charge in [-0.15, -0.1) is 6.58 Å². The van der Waals surface area contributed by atoms with Crippen LogP contribution in [0.5, 0.6) is 0 Å². The zero-order valence-electron chi connectivity index (χ0n) is 10.8. The summed E-state index contributed by atoms with van der Waals surface area (Å²) in [6.07, 6.45) is 5.33. The lowest BCUT2D eigenvalue weighted by Gasteiger charge is -2.36. The van der Waals surface area contributed by atoms with Gasteiger partial charge in [0.05, 0.1) is 24.7 Å². The Morgan fingerprint density at radius 2 is 2.37 bits per heavy atom. The molecule has 2 aliphatic heterocycles. The quantitative estimate of drug-likeness (QED) is 0.756. The summed E-state index contributed by atoms with van der Waals surface area (Å²) in [5, 5.41) is 0. The number of hydrogen-bond acceptors (Lipinski definition) is 4. The van der Waals surface area contributed by atoms with Gasteiger partial charge < -0.3 is 14.1 Å². The second-order valence-corrected chi connectivity index (χ2v) is 5.08. The van der Waals surface area contributed by atoms with E-state index in [9.17, 15) is 4.79 Å². The summed E-state index contributed by atoms with van der Waals surface area (Å²) in [6, 6.07) is 2.11. The van der Waals surface area contributed by atoms with E-state index in [0.717, 1.165) is 25.2 Å². The minimum Gasteiger partial charge on any atom is -0.472 e. The SMILES string of the molecule is C=CCN1C(=O)CO[C@H]2CN(Cc3ccoc3)C[C@@H]21. The van der Waals surface area contributed by atoms with E-state index in [1.165, 1.54) is 0 Å². The van der Waals surface area contributed by atoms with E-state index < -0.39 is 0 Å². The number of ether oxygens (including phenoxy) is 1. The van der Waals surface area contributed by atoms with Crippen LogP contribution in [0.25, 0.3) is 0 Å². The number of carbonyl (C=O) groups is 1. The Labute approximate surface area is 112 Å². The van der Waals surface area contributed by atoms with Crippen molar-refractivity contribution in [1.29, 1.82) is 0 Å². The lowest BCUT2D eigenvalue weighted by atomic mass is 10.1. The van der Waals surface area contributed by atoms with Crippen molar-refractivity contribution in [2.75, 3.05) is 26.2 Å². The fourth-order valence-electron chi connectivity index (χ4n) is 2.89. The maximum atomic E-state index is 11.9. The van der Waals surface area contributed by atoms with Gasteiger partial charge in [-0.3, -0.25) is 9.69 Å². The average molecular weight is 262 g/mol. The molecular weight excluding hydrogens is 244 g/mol. The number of morpholine rings is 1. The highest BCUT2D eigenvalue weighted by molar-refractivity contribution is 5.78. The van der Waals surface area contributed by atoms with Gasteiger partial charge in [-0.05, 0) is 6.07 Å². The molecule has 0 aliphatic carbocycles. The first kappa shape index (κ1) is 12.4. The largest absolute Gasteiger partial charge is 0.472 e. The number of carbonyl (C=O) groups excluding carboxylic acids is 1. The van der Waals surface area contributed by atoms with Gasteiger partial charge in [-0.2, -0.15) is 0 Å². The van der Waals surface area contributed by atoms with Crippen LogP contribution in [0.4, 0.5) is 0 Å². The standard InChI is InChI=1S/C14H18N2O3/c1-2-4-16-12-7-15(6-11-3-5-18-9-11)8-13(12)19-10-14(16)17/h2-3,5,9,12-13H,1,4,6-8,10H2/t12-,13-/m0/s1. The van der Waals surface area contributed by atoms with Crippen LogP contribution < -0.4 is 0 Å². The Morgan fingerprint density at radius 1 is 1.47 bits per heavy atom. The molecule has 1 amide bonds. The summed E-state index contributed by atoms with van der Waals surface area (Å²) in [6.45, 7) is 7.05. The maximum absolute atomic E-state index is 11.9. The molecule has 0 radical (unpaired) electrons. The van der Waals surface area contributed by atoms with E-state index in [-0.39, 0.29) is 24.7 Å². The third kappa shape index (κ3) is 2.43. The third-order valence-electron chi connectivity index (χ3n) is 3.77. The molecule has 2 atom stereocenters. The van der Waals surface area contributed by atoms with Crippen molar-refractivity contribution in [1.82, 2.24) is 9.80 Å². The molecule has 0 unspecified atom stereocenters. The molecule has 5 heteroatoms. The third-order valence-corrected chi connectivity index (χ3v) is 3.77. The molecule has 3 heterocycles. The number of hydrogen-bond donors (Lipinski definition) is 0. The Hall–Kier alpha value is -1.59. The predicted molar refractivity (Wildman–Crippen MR) is 69.4 cm³/mol. The zero-order chi connectivity index (χ0) is 13.2. The van der Waals surface area contributed by atoms with E-state index in [2.05, 4.69) is 11.5 Å². The lowest BCUT2D eigenvalue weighted by molar-refractivity contribution is -0.151. The van der Waals surface area contributed by atoms with Crippen LogP contribution in [0.3, 0.4) is 0 Å². The maximum Gasteiger partial charge on any atom is 0.249 e. The average Bonchev–Trinajstić information content (AvgIpc) is 3.02. The van der Waals surface area contributed by atoms with E-state index in [1.807, 2.05) is 11.0 Å². The Bertz CT molecular complexity index is 457. The van der Waals surface area contributed by atoms with Crippen molar-refractivity contribution in [3.05, 3.63) is 36.8 Å². The highest BCUT2D eigenvalue weighted by Crippen LogP contribution is 2.24. The molecule has 2 saturated heterocycles. The first-order valence-electron chi connectivity index (χ1n) is 6.53. The molecule has 0 bridgehead atoms. The number of furan rings is 1. The molecule has 3 rings (SSSR count). The molecule has 0 aromatic carbocycles. The monoisotopic (exact) mass is 262 g/mol. The molecule has 0 spiro atoms. The Balaban J connectivity index is 1.68. The van der Waals surface area contributed by atoms with Crippen LogP contribution in [-0.4, -0.2) is 54.1 Å². The summed E-state index contributed by atoms with van der Waals surface area (Å²) in [5.41, 5.74) is 1.15. The normalized spacial score (nSPS) is 27.6. The molecule has 2 fully saturated rings. The van der Waals surface area contributed by atoms with Gasteiger partial charge in [-0.1, -0.05) is 6.08 Å². The number of rotatable bonds is 4. The smallest absolute Gasteiger partial charge is 0.249 e. The van der Waals surface area contributed by atoms with Gasteiger partial charge in [0, 0.05) is 31.7 Å². The fraction of sp³-hybridized carbons (Fsp3) is 0.500. The Kier molecular flexibility index (Phi) is 3.40. The van der Waals surface area contributed by atoms with E-state index in [0.29, 0.717) is 6.54 Å². The minimum absolute atomic E-state index is 0.0614. The molecule has 1 aromatic rings. The number of amides is 1. The van der Waals surface area contributed by atoms with Crippen molar-refractivity contribution in [3.8, 4) is 0 Å². The Morgan fingerprint density at radius 3 is 3.11 bits per heavy atom. The second-order valence-electron chi connectivity index (χ2n) is 5.08. The summed E-state index contributed by atoms with van der Waals surface area (Å²) >= 11 is 0. The van der Waals surface area contributed by atoms with Crippen LogP contribution in [0.2, 0.25) is 0 Å². The van der Waals surface area contributed by atoms with E-state index in [1.54, 1.807) is 18.6 Å². The van der Waals surface area contributed by atoms with Crippen molar-refractivity contribution < 1.29 is 13.9 Å². The first-order chi connectivity index (χ1) is 9.28. The van der Waals surface area contributed by atoms with Gasteiger partial charge in [-0.25, -0.2) is 0 Å². The minimum atomic E-state index is 0.0614. The van der Waals surface area contributed by atoms with Crippen LogP contribution >= 0.6 is 0 Å². The summed E-state index contributed by atoms with van der Waals surface area (Å²) in [7, 11) is 0. The first-order valence-corrected chi connectivity index (χ1v) is 6.53. The zero-order valence-corrected chi connectivity index (χ0v) is 10.8. The molecule has 1 aromatic heterocycles. The van der Waals surface area contributed by atoms with Crippen LogP contribution in [0.1, 0.15) is 5.56 Å². The molecule has 0 N–H and O–H groups in total. The lowest BCUT2D eigenvalue weighted by Crippen LogP contribution is -2.53. The van der Waals surface area contributed by atoms with Gasteiger partial charge >= 0.3 is 0 Å². The topological polar surface area (TPSA) is 45.9 Å². The van der Waals surface area contributed by atoms with Crippen LogP contribution in [0, 0.1) is 0 Å². The van der Waals surface area contributed by atoms with Crippen LogP contribution in [0.15, 0.2) is 35.7 Å². The number of nitrogens with zero attached hydrogens (tertiary/aromatic N) is 2. The molecule has 2 aliphatic rings. The number of fused-ring (bicyclic) bond motifs is 1. The highest BCUT2D eigenvalue weighted by atomic mass is 16.5. The van der Waals surface area contributed by atoms with Gasteiger partial charge in [0.2, 0.25) is 5.91 Å². The predicted octanol–water partition coefficient (Wildman–Crippen LogP) is 0.877. The molecule has 5 nitrogen and oxygen atoms in total. The molecular formula is C14H18N2O3. The fourth-order valence-corrected chi connectivity index (χ4v) is 2.89. The van der Waals surface area contributed by atoms with Crippen LogP contribution in [-0.2, 0) is 16.1 Å². The summed E-state index contributed by atoms with van der Waals surface area (Å²) < 4.78 is 10.7. The van der Waals surface area contributed by atoms with E-state index >= 15 is 0 Å². The van der Waals surface area contributed by atoms with E-state index in [4.69, 9.17) is 9.15 Å². The van der Waals surface area contributed by atoms with Crippen molar-refractivity contribution in [3.63, 3.8) is 0 Å². The highest BCUT2D eigenvalue weighted by Gasteiger charge is 2.42. The van der Waals surface area contributed by atoms with Crippen molar-refractivity contribution in [2.45, 2.75) is 18.7 Å².